The van der Waals surface area contributed by atoms with Crippen LogP contribution in [0.15, 0.2) is 34.9 Å². The third kappa shape index (κ3) is 4.70. The second kappa shape index (κ2) is 7.57. The summed E-state index contributed by atoms with van der Waals surface area (Å²) in [6, 6.07) is 6.02. The van der Waals surface area contributed by atoms with Crippen LogP contribution in [0.4, 0.5) is 4.39 Å². The van der Waals surface area contributed by atoms with Gasteiger partial charge >= 0.3 is 0 Å². The Morgan fingerprint density at radius 3 is 2.81 bits per heavy atom. The lowest BCUT2D eigenvalue weighted by molar-refractivity contribution is -0.121. The van der Waals surface area contributed by atoms with Gasteiger partial charge in [-0.25, -0.2) is 9.37 Å². The van der Waals surface area contributed by atoms with Crippen molar-refractivity contribution in [2.75, 3.05) is 6.54 Å². The van der Waals surface area contributed by atoms with Crippen LogP contribution in [0.1, 0.15) is 32.1 Å². The zero-order valence-corrected chi connectivity index (χ0v) is 12.1. The lowest BCUT2D eigenvalue weighted by atomic mass is 10.2. The summed E-state index contributed by atoms with van der Waals surface area (Å²) in [6.07, 6.45) is 4.45. The number of amides is 1. The van der Waals surface area contributed by atoms with Crippen molar-refractivity contribution in [3.8, 4) is 11.3 Å². The minimum absolute atomic E-state index is 0.00461. The van der Waals surface area contributed by atoms with Crippen LogP contribution in [0.5, 0.6) is 0 Å². The van der Waals surface area contributed by atoms with Crippen molar-refractivity contribution >= 4 is 5.91 Å². The third-order valence-electron chi connectivity index (χ3n) is 3.10. The van der Waals surface area contributed by atoms with E-state index in [1.807, 2.05) is 0 Å². The number of unbranched alkanes of at least 4 members (excludes halogenated alkanes) is 1. The van der Waals surface area contributed by atoms with Crippen molar-refractivity contribution in [2.45, 2.75) is 32.6 Å². The molecule has 112 valence electrons. The molecule has 5 heteroatoms. The first-order valence-corrected chi connectivity index (χ1v) is 7.16. The Morgan fingerprint density at radius 2 is 2.10 bits per heavy atom. The normalized spacial score (nSPS) is 10.6. The molecule has 1 heterocycles. The number of nitrogens with one attached hydrogen (secondary N) is 1. The van der Waals surface area contributed by atoms with Gasteiger partial charge in [-0.05, 0) is 30.7 Å². The van der Waals surface area contributed by atoms with E-state index in [-0.39, 0.29) is 11.7 Å². The number of aromatic nitrogens is 1. The van der Waals surface area contributed by atoms with Gasteiger partial charge in [0.1, 0.15) is 5.82 Å². The summed E-state index contributed by atoms with van der Waals surface area (Å²) in [5, 5.41) is 2.85. The molecule has 4 nitrogen and oxygen atoms in total. The number of halogens is 1. The van der Waals surface area contributed by atoms with E-state index in [9.17, 15) is 9.18 Å². The lowest BCUT2D eigenvalue weighted by Crippen LogP contribution is -2.24. The van der Waals surface area contributed by atoms with Crippen LogP contribution in [0.3, 0.4) is 0 Å². The summed E-state index contributed by atoms with van der Waals surface area (Å²) in [6.45, 7) is 2.79. The highest BCUT2D eigenvalue weighted by Gasteiger charge is 2.08. The van der Waals surface area contributed by atoms with E-state index in [4.69, 9.17) is 4.42 Å². The van der Waals surface area contributed by atoms with Crippen LogP contribution < -0.4 is 5.32 Å². The molecule has 0 atom stereocenters. The van der Waals surface area contributed by atoms with Crippen molar-refractivity contribution in [1.29, 1.82) is 0 Å². The van der Waals surface area contributed by atoms with Crippen molar-refractivity contribution in [1.82, 2.24) is 10.3 Å². The molecule has 0 aliphatic rings. The van der Waals surface area contributed by atoms with E-state index in [2.05, 4.69) is 17.2 Å². The first-order valence-electron chi connectivity index (χ1n) is 7.16. The van der Waals surface area contributed by atoms with Gasteiger partial charge in [-0.15, -0.1) is 0 Å². The average molecular weight is 290 g/mol. The van der Waals surface area contributed by atoms with Gasteiger partial charge in [0.15, 0.2) is 11.7 Å². The zero-order chi connectivity index (χ0) is 15.1. The minimum atomic E-state index is -0.290. The number of oxazole rings is 1. The SMILES string of the molecule is CCCCNC(=O)CCc1ncc(-c2ccc(F)cc2)o1. The summed E-state index contributed by atoms with van der Waals surface area (Å²) in [4.78, 5) is 15.7. The number of hydrogen-bond acceptors (Lipinski definition) is 3. The van der Waals surface area contributed by atoms with Crippen molar-refractivity contribution in [2.24, 2.45) is 0 Å². The molecule has 1 N–H and O–H groups in total. The molecular weight excluding hydrogens is 271 g/mol. The Labute approximate surface area is 123 Å². The van der Waals surface area contributed by atoms with Crippen molar-refractivity contribution in [3.05, 3.63) is 42.2 Å². The number of carbonyl (C=O) groups excluding carboxylic acids is 1. The lowest BCUT2D eigenvalue weighted by Gasteiger charge is -2.02. The molecule has 2 aromatic rings. The van der Waals surface area contributed by atoms with E-state index in [1.165, 1.54) is 12.1 Å². The Hall–Kier alpha value is -2.17. The molecule has 0 spiro atoms. The zero-order valence-electron chi connectivity index (χ0n) is 12.1. The average Bonchev–Trinajstić information content (AvgIpc) is 2.95. The Balaban J connectivity index is 1.86. The summed E-state index contributed by atoms with van der Waals surface area (Å²) in [5.41, 5.74) is 0.766. The van der Waals surface area contributed by atoms with Crippen LogP contribution in [-0.4, -0.2) is 17.4 Å². The highest BCUT2D eigenvalue weighted by Crippen LogP contribution is 2.21. The maximum atomic E-state index is 12.9. The molecule has 1 amide bonds. The molecule has 1 aromatic heterocycles. The monoisotopic (exact) mass is 290 g/mol. The predicted molar refractivity (Wildman–Crippen MR) is 78.1 cm³/mol. The molecule has 21 heavy (non-hydrogen) atoms. The molecule has 0 fully saturated rings. The van der Waals surface area contributed by atoms with E-state index < -0.39 is 0 Å². The number of aryl methyl sites for hydroxylation is 1. The van der Waals surface area contributed by atoms with Crippen LogP contribution >= 0.6 is 0 Å². The van der Waals surface area contributed by atoms with Gasteiger partial charge in [-0.2, -0.15) is 0 Å². The number of rotatable bonds is 7. The highest BCUT2D eigenvalue weighted by molar-refractivity contribution is 5.75. The quantitative estimate of drug-likeness (QED) is 0.796. The van der Waals surface area contributed by atoms with Crippen molar-refractivity contribution in [3.63, 3.8) is 0 Å². The van der Waals surface area contributed by atoms with E-state index in [1.54, 1.807) is 18.3 Å². The number of hydrogen-bond donors (Lipinski definition) is 1. The molecule has 0 radical (unpaired) electrons. The number of benzene rings is 1. The molecule has 0 saturated carbocycles. The van der Waals surface area contributed by atoms with Gasteiger partial charge in [0.25, 0.3) is 0 Å². The number of nitrogens with zero attached hydrogens (tertiary/aromatic N) is 1. The molecule has 0 bridgehead atoms. The molecule has 1 aromatic carbocycles. The van der Waals surface area contributed by atoms with Crippen LogP contribution in [0, 0.1) is 5.82 Å². The molecule has 0 unspecified atom stereocenters. The Morgan fingerprint density at radius 1 is 1.33 bits per heavy atom. The van der Waals surface area contributed by atoms with E-state index in [0.29, 0.717) is 31.0 Å². The second-order valence-corrected chi connectivity index (χ2v) is 4.83. The number of carbonyl (C=O) groups is 1. The Bertz CT molecular complexity index is 578. The molecule has 0 aliphatic carbocycles. The standard InChI is InChI=1S/C16H19FN2O2/c1-2-3-10-18-15(20)8-9-16-19-11-14(21-16)12-4-6-13(17)7-5-12/h4-7,11H,2-3,8-10H2,1H3,(H,18,20). The summed E-state index contributed by atoms with van der Waals surface area (Å²) in [5.74, 6) is 0.809. The fourth-order valence-electron chi connectivity index (χ4n) is 1.89. The molecular formula is C16H19FN2O2. The van der Waals surface area contributed by atoms with E-state index >= 15 is 0 Å². The smallest absolute Gasteiger partial charge is 0.220 e. The van der Waals surface area contributed by atoms with Gasteiger partial charge in [-0.1, -0.05) is 13.3 Å². The molecule has 0 saturated heterocycles. The maximum Gasteiger partial charge on any atom is 0.220 e. The van der Waals surface area contributed by atoms with E-state index in [0.717, 1.165) is 18.4 Å². The van der Waals surface area contributed by atoms with Crippen LogP contribution in [0.25, 0.3) is 11.3 Å². The van der Waals surface area contributed by atoms with Gasteiger partial charge in [0.2, 0.25) is 5.91 Å². The van der Waals surface area contributed by atoms with Gasteiger partial charge in [-0.3, -0.25) is 4.79 Å². The molecule has 2 rings (SSSR count). The summed E-state index contributed by atoms with van der Waals surface area (Å²) >= 11 is 0. The maximum absolute atomic E-state index is 12.9. The fraction of sp³-hybridized carbons (Fsp3) is 0.375. The first-order chi connectivity index (χ1) is 10.2. The van der Waals surface area contributed by atoms with Gasteiger partial charge < -0.3 is 9.73 Å². The van der Waals surface area contributed by atoms with Crippen molar-refractivity contribution < 1.29 is 13.6 Å². The fourth-order valence-corrected chi connectivity index (χ4v) is 1.89. The Kier molecular flexibility index (Phi) is 5.49. The third-order valence-corrected chi connectivity index (χ3v) is 3.10. The summed E-state index contributed by atoms with van der Waals surface area (Å²) in [7, 11) is 0. The molecule has 0 aliphatic heterocycles. The predicted octanol–water partition coefficient (Wildman–Crippen LogP) is 3.33. The second-order valence-electron chi connectivity index (χ2n) is 4.83. The summed E-state index contributed by atoms with van der Waals surface area (Å²) < 4.78 is 18.4. The van der Waals surface area contributed by atoms with Crippen LogP contribution in [-0.2, 0) is 11.2 Å². The van der Waals surface area contributed by atoms with Gasteiger partial charge in [0.05, 0.1) is 6.20 Å². The minimum Gasteiger partial charge on any atom is -0.441 e. The largest absolute Gasteiger partial charge is 0.441 e. The van der Waals surface area contributed by atoms with Gasteiger partial charge in [0, 0.05) is 24.9 Å². The first kappa shape index (κ1) is 15.2. The topological polar surface area (TPSA) is 55.1 Å². The highest BCUT2D eigenvalue weighted by atomic mass is 19.1. The van der Waals surface area contributed by atoms with Crippen LogP contribution in [0.2, 0.25) is 0 Å².